The quantitative estimate of drug-likeness (QED) is 0.190. The van der Waals surface area contributed by atoms with Gasteiger partial charge in [0.15, 0.2) is 0 Å². The highest BCUT2D eigenvalue weighted by atomic mass is 19.1. The first-order valence-corrected chi connectivity index (χ1v) is 14.7. The zero-order valence-corrected chi connectivity index (χ0v) is 24.3. The number of halogens is 2. The molecule has 46 heavy (non-hydrogen) atoms. The molecular formula is C40H25F2O4+. The van der Waals surface area contributed by atoms with Crippen LogP contribution in [-0.2, 0) is 4.74 Å². The molecule has 6 heteroatoms. The lowest BCUT2D eigenvalue weighted by Crippen LogP contribution is -2.64. The molecule has 222 valence electrons. The van der Waals surface area contributed by atoms with Crippen molar-refractivity contribution >= 4 is 23.7 Å². The second-order valence-corrected chi connectivity index (χ2v) is 10.9. The molecule has 4 nitrogen and oxygen atoms in total. The Hall–Kier alpha value is -6.01. The molecule has 1 unspecified atom stereocenters. The minimum atomic E-state index is -0.432. The van der Waals surface area contributed by atoms with Crippen molar-refractivity contribution in [3.8, 4) is 22.6 Å². The van der Waals surface area contributed by atoms with Crippen LogP contribution in [0.2, 0.25) is 0 Å². The van der Waals surface area contributed by atoms with Crippen molar-refractivity contribution in [3.63, 3.8) is 0 Å². The number of hydrogen-bond acceptors (Lipinski definition) is 3. The zero-order chi connectivity index (χ0) is 31.6. The Kier molecular flexibility index (Phi) is 7.61. The van der Waals surface area contributed by atoms with Crippen molar-refractivity contribution in [3.05, 3.63) is 193 Å². The molecule has 0 saturated carbocycles. The van der Waals surface area contributed by atoms with Gasteiger partial charge in [0, 0.05) is 17.0 Å². The fourth-order valence-electron chi connectivity index (χ4n) is 5.39. The summed E-state index contributed by atoms with van der Waals surface area (Å²) in [5.74, 6) is 0.882. The smallest absolute Gasteiger partial charge is 0.361 e. The fraction of sp³-hybridized carbons (Fsp3) is 0.0250. The van der Waals surface area contributed by atoms with E-state index in [9.17, 15) is 18.4 Å². The lowest BCUT2D eigenvalue weighted by atomic mass is 9.97. The van der Waals surface area contributed by atoms with Crippen molar-refractivity contribution in [2.75, 3.05) is 0 Å². The van der Waals surface area contributed by atoms with Gasteiger partial charge in [-0.2, -0.15) is 0 Å². The van der Waals surface area contributed by atoms with Crippen LogP contribution in [0.4, 0.5) is 8.78 Å². The molecule has 6 aromatic rings. The normalized spacial score (nSPS) is 14.3. The number of ether oxygens (including phenoxy) is 1. The van der Waals surface area contributed by atoms with Gasteiger partial charge in [0.05, 0.1) is 33.7 Å². The van der Waals surface area contributed by atoms with E-state index < -0.39 is 5.92 Å². The number of benzene rings is 4. The molecule has 0 radical (unpaired) electrons. The Morgan fingerprint density at radius 1 is 0.565 bits per heavy atom. The van der Waals surface area contributed by atoms with E-state index in [1.54, 1.807) is 54.6 Å². The third kappa shape index (κ3) is 5.88. The van der Waals surface area contributed by atoms with E-state index in [1.807, 2.05) is 66.7 Å². The standard InChI is InChI=1S/C40H25F2O4/c41-31-15-11-29(12-16-31)37-23-25(21-35(45-37)27-7-3-1-4-8-27)19-33-39(43)34(40(33)44)20-26-22-36(28-9-5-2-6-10-28)46-38(24-26)30-13-17-32(42)18-14-30/h1-25H/q+1. The van der Waals surface area contributed by atoms with Gasteiger partial charge in [-0.25, -0.2) is 13.2 Å². The van der Waals surface area contributed by atoms with Crippen LogP contribution in [-0.4, -0.2) is 0 Å². The summed E-state index contributed by atoms with van der Waals surface area (Å²) in [6.45, 7) is 0. The second kappa shape index (κ2) is 12.2. The molecule has 1 aromatic heterocycles. The van der Waals surface area contributed by atoms with Crippen molar-refractivity contribution in [2.24, 2.45) is 5.92 Å². The first kappa shape index (κ1) is 28.7. The molecule has 0 amide bonds. The highest BCUT2D eigenvalue weighted by Crippen LogP contribution is 2.33. The molecule has 1 aliphatic rings. The number of hydrogen-bond donors (Lipinski definition) is 0. The Morgan fingerprint density at radius 3 is 1.57 bits per heavy atom. The maximum Gasteiger partial charge on any atom is 0.361 e. The van der Waals surface area contributed by atoms with Crippen LogP contribution in [0.3, 0.4) is 0 Å². The van der Waals surface area contributed by atoms with Crippen LogP contribution in [0.5, 0.6) is 0 Å². The maximum absolute atomic E-state index is 13.6. The number of allylic oxidation sites excluding steroid dienone is 2. The van der Waals surface area contributed by atoms with Gasteiger partial charge < -0.3 is 4.74 Å². The van der Waals surface area contributed by atoms with E-state index in [0.29, 0.717) is 39.7 Å². The summed E-state index contributed by atoms with van der Waals surface area (Å²) in [5, 5.41) is 0.141. The van der Waals surface area contributed by atoms with Gasteiger partial charge in [0.1, 0.15) is 23.2 Å². The second-order valence-electron chi connectivity index (χ2n) is 10.9. The summed E-state index contributed by atoms with van der Waals surface area (Å²) in [4.78, 5) is 26.8. The van der Waals surface area contributed by atoms with Gasteiger partial charge in [-0.05, 0) is 84.5 Å². The average Bonchev–Trinajstić information content (AvgIpc) is 3.10. The van der Waals surface area contributed by atoms with Gasteiger partial charge in [0.2, 0.25) is 10.9 Å². The molecular weight excluding hydrogens is 582 g/mol. The highest BCUT2D eigenvalue weighted by Gasteiger charge is 2.22. The topological polar surface area (TPSA) is 54.7 Å². The van der Waals surface area contributed by atoms with Gasteiger partial charge in [-0.1, -0.05) is 54.6 Å². The summed E-state index contributed by atoms with van der Waals surface area (Å²) in [5.41, 5.74) is 2.81. The third-order valence-electron chi connectivity index (χ3n) is 7.75. The van der Waals surface area contributed by atoms with Gasteiger partial charge in [0.25, 0.3) is 0 Å². The molecule has 2 heterocycles. The predicted molar refractivity (Wildman–Crippen MR) is 176 cm³/mol. The Labute approximate surface area is 262 Å². The molecule has 0 bridgehead atoms. The first-order chi connectivity index (χ1) is 22.4. The monoisotopic (exact) mass is 607 g/mol. The SMILES string of the molecule is O=c1c(=Cc2cc(-c3ccccc3)[o+]c(-c3ccc(F)cc3)c2)c(=O)c1=CC1C=C(c2ccccc2)OC(c2ccc(F)cc2)=C1. The van der Waals surface area contributed by atoms with Crippen LogP contribution < -0.4 is 21.3 Å². The van der Waals surface area contributed by atoms with Crippen LogP contribution >= 0.6 is 0 Å². The van der Waals surface area contributed by atoms with Crippen LogP contribution in [0.25, 0.3) is 46.3 Å². The largest absolute Gasteiger partial charge is 0.457 e. The van der Waals surface area contributed by atoms with E-state index in [1.165, 1.54) is 24.3 Å². The van der Waals surface area contributed by atoms with E-state index in [0.717, 1.165) is 11.1 Å². The van der Waals surface area contributed by atoms with Crippen LogP contribution in [0, 0.1) is 17.6 Å². The lowest BCUT2D eigenvalue weighted by Gasteiger charge is -2.21. The van der Waals surface area contributed by atoms with E-state index in [-0.39, 0.29) is 32.9 Å². The third-order valence-corrected chi connectivity index (χ3v) is 7.75. The van der Waals surface area contributed by atoms with Crippen LogP contribution in [0.15, 0.2) is 147 Å². The number of rotatable bonds is 6. The van der Waals surface area contributed by atoms with Crippen molar-refractivity contribution in [1.82, 2.24) is 0 Å². The summed E-state index contributed by atoms with van der Waals surface area (Å²) < 4.78 is 39.6. The molecule has 5 aromatic carbocycles. The molecule has 0 saturated heterocycles. The summed E-state index contributed by atoms with van der Waals surface area (Å²) in [6.07, 6.45) is 6.84. The van der Waals surface area contributed by atoms with E-state index in [4.69, 9.17) is 9.15 Å². The average molecular weight is 608 g/mol. The minimum Gasteiger partial charge on any atom is -0.457 e. The van der Waals surface area contributed by atoms with Gasteiger partial charge >= 0.3 is 11.5 Å². The summed E-state index contributed by atoms with van der Waals surface area (Å²) in [6, 6.07) is 34.3. The Bertz CT molecular complexity index is 2280. The molecule has 0 aliphatic carbocycles. The van der Waals surface area contributed by atoms with Crippen LogP contribution in [0.1, 0.15) is 16.7 Å². The molecule has 1 aliphatic heterocycles. The fourth-order valence-corrected chi connectivity index (χ4v) is 5.39. The Balaban J connectivity index is 1.31. The van der Waals surface area contributed by atoms with Crippen molar-refractivity contribution in [1.29, 1.82) is 0 Å². The van der Waals surface area contributed by atoms with Gasteiger partial charge in [-0.15, -0.1) is 0 Å². The summed E-state index contributed by atoms with van der Waals surface area (Å²) in [7, 11) is 0. The first-order valence-electron chi connectivity index (χ1n) is 14.7. The predicted octanol–water partition coefficient (Wildman–Crippen LogP) is 7.11. The molecule has 1 atom stereocenters. The lowest BCUT2D eigenvalue weighted by molar-refractivity contribution is 0.458. The molecule has 7 rings (SSSR count). The van der Waals surface area contributed by atoms with E-state index in [2.05, 4.69) is 0 Å². The highest BCUT2D eigenvalue weighted by molar-refractivity contribution is 5.75. The minimum absolute atomic E-state index is 0.0589. The van der Waals surface area contributed by atoms with Crippen molar-refractivity contribution < 1.29 is 17.9 Å². The molecule has 0 fully saturated rings. The Morgan fingerprint density at radius 2 is 1.02 bits per heavy atom. The molecule has 0 N–H and O–H groups in total. The maximum atomic E-state index is 13.6. The zero-order valence-electron chi connectivity index (χ0n) is 24.3. The van der Waals surface area contributed by atoms with Crippen molar-refractivity contribution in [2.45, 2.75) is 0 Å². The van der Waals surface area contributed by atoms with E-state index >= 15 is 0 Å². The van der Waals surface area contributed by atoms with Gasteiger partial charge in [-0.3, -0.25) is 9.59 Å². The summed E-state index contributed by atoms with van der Waals surface area (Å²) >= 11 is 0. The molecule has 0 spiro atoms.